The van der Waals surface area contributed by atoms with E-state index < -0.39 is 24.3 Å². The normalized spacial score (nSPS) is 13.5. The fourth-order valence-corrected chi connectivity index (χ4v) is 8.77. The lowest BCUT2D eigenvalue weighted by molar-refractivity contribution is -0.870. The van der Waals surface area contributed by atoms with Gasteiger partial charge >= 0.3 is 17.9 Å². The van der Waals surface area contributed by atoms with E-state index in [1.165, 1.54) is 116 Å². The largest absolute Gasteiger partial charge is 0.477 e. The van der Waals surface area contributed by atoms with E-state index in [0.717, 1.165) is 109 Å². The second-order valence-corrected chi connectivity index (χ2v) is 22.7. The average Bonchev–Trinajstić information content (AvgIpc) is 3.44. The standard InChI is InChI=1S/C72H121NO8/c1-6-8-10-12-14-16-18-20-22-24-26-28-30-31-32-33-34-35-36-37-38-39-41-42-44-46-48-50-52-54-56-58-60-62-69(74)79-66-68(67-80-72(71(76)77)78-65-64-73(3,4)5)81-70(75)63-61-59-57-55-53-51-49-47-45-43-40-29-27-25-23-21-19-17-15-13-11-9-7-2/h8-11,14-17,20-23,26-29,43,45,49,51,68,72H,6-7,12-13,18-19,24-25,30-42,44,46-48,50,52-67H2,1-5H3/p+1/b10-8-,11-9-,16-14-,17-15-,22-20-,23-21-,28-26-,29-27-,45-43-,51-49-. The molecule has 9 nitrogen and oxygen atoms in total. The Kier molecular flexibility index (Phi) is 58.5. The molecule has 0 aliphatic carbocycles. The molecule has 0 aliphatic rings. The SMILES string of the molecule is CC/C=C\C/C=C\C/C=C\C/C=C\C/C=C\C/C=C\CCCCCCC(=O)OC(COC(=O)CCCCCCCCCCCCCCCCCCCCCC/C=C\C/C=C\C/C=C\C/C=C\CC)COC(OCC[N+](C)(C)C)C(=O)O. The average molecular weight is 1130 g/mol. The van der Waals surface area contributed by atoms with Crippen LogP contribution in [0.3, 0.4) is 0 Å². The fourth-order valence-electron chi connectivity index (χ4n) is 8.77. The second-order valence-electron chi connectivity index (χ2n) is 22.7. The summed E-state index contributed by atoms with van der Waals surface area (Å²) in [6, 6.07) is 0. The van der Waals surface area contributed by atoms with E-state index in [0.29, 0.717) is 23.9 Å². The minimum atomic E-state index is -1.52. The van der Waals surface area contributed by atoms with Crippen LogP contribution in [0.5, 0.6) is 0 Å². The summed E-state index contributed by atoms with van der Waals surface area (Å²) in [5.41, 5.74) is 0. The van der Waals surface area contributed by atoms with Crippen molar-refractivity contribution in [3.8, 4) is 0 Å². The highest BCUT2D eigenvalue weighted by atomic mass is 16.7. The number of carbonyl (C=O) groups excluding carboxylic acids is 2. The van der Waals surface area contributed by atoms with E-state index in [-0.39, 0.29) is 32.2 Å². The van der Waals surface area contributed by atoms with Gasteiger partial charge in [0.15, 0.2) is 6.10 Å². The van der Waals surface area contributed by atoms with Crippen LogP contribution in [-0.4, -0.2) is 87.4 Å². The summed E-state index contributed by atoms with van der Waals surface area (Å²) in [4.78, 5) is 37.5. The number of aliphatic carboxylic acids is 1. The van der Waals surface area contributed by atoms with Gasteiger partial charge in [0, 0.05) is 12.8 Å². The molecule has 0 saturated carbocycles. The number of quaternary nitrogens is 1. The van der Waals surface area contributed by atoms with Crippen molar-refractivity contribution in [1.29, 1.82) is 0 Å². The highest BCUT2D eigenvalue weighted by Gasteiger charge is 2.25. The molecule has 1 N–H and O–H groups in total. The van der Waals surface area contributed by atoms with Crippen molar-refractivity contribution in [2.75, 3.05) is 47.5 Å². The Morgan fingerprint density at radius 2 is 0.667 bits per heavy atom. The van der Waals surface area contributed by atoms with Gasteiger partial charge in [0.1, 0.15) is 13.2 Å². The summed E-state index contributed by atoms with van der Waals surface area (Å²) in [7, 11) is 5.96. The fraction of sp³-hybridized carbons (Fsp3) is 0.681. The molecule has 462 valence electrons. The maximum atomic E-state index is 12.9. The Morgan fingerprint density at radius 3 is 0.988 bits per heavy atom. The van der Waals surface area contributed by atoms with Gasteiger partial charge in [0.25, 0.3) is 6.29 Å². The molecule has 0 bridgehead atoms. The highest BCUT2D eigenvalue weighted by Crippen LogP contribution is 2.17. The second kappa shape index (κ2) is 61.8. The zero-order valence-electron chi connectivity index (χ0n) is 52.7. The van der Waals surface area contributed by atoms with Crippen LogP contribution in [0.15, 0.2) is 122 Å². The summed E-state index contributed by atoms with van der Waals surface area (Å²) in [6.45, 7) is 4.63. The molecular formula is C72H122NO8+. The van der Waals surface area contributed by atoms with Gasteiger partial charge in [-0.1, -0.05) is 264 Å². The summed E-state index contributed by atoms with van der Waals surface area (Å²) in [6.07, 6.45) is 84.4. The third-order valence-corrected chi connectivity index (χ3v) is 13.7. The quantitative estimate of drug-likeness (QED) is 0.0211. The van der Waals surface area contributed by atoms with E-state index in [1.807, 2.05) is 21.1 Å². The van der Waals surface area contributed by atoms with Gasteiger partial charge in [-0.15, -0.1) is 0 Å². The third-order valence-electron chi connectivity index (χ3n) is 13.7. The molecular weight excluding hydrogens is 1010 g/mol. The smallest absolute Gasteiger partial charge is 0.361 e. The number of hydrogen-bond acceptors (Lipinski definition) is 7. The molecule has 0 fully saturated rings. The molecule has 0 heterocycles. The van der Waals surface area contributed by atoms with Gasteiger partial charge < -0.3 is 28.5 Å². The van der Waals surface area contributed by atoms with E-state index in [1.54, 1.807) is 0 Å². The van der Waals surface area contributed by atoms with Crippen LogP contribution in [0.25, 0.3) is 0 Å². The van der Waals surface area contributed by atoms with Crippen molar-refractivity contribution in [3.63, 3.8) is 0 Å². The van der Waals surface area contributed by atoms with Crippen molar-refractivity contribution < 1.29 is 42.9 Å². The van der Waals surface area contributed by atoms with Crippen molar-refractivity contribution in [1.82, 2.24) is 0 Å². The maximum absolute atomic E-state index is 12.9. The minimum absolute atomic E-state index is 0.177. The van der Waals surface area contributed by atoms with E-state index >= 15 is 0 Å². The lowest BCUT2D eigenvalue weighted by Crippen LogP contribution is -2.40. The molecule has 2 unspecified atom stereocenters. The number of nitrogens with zero attached hydrogens (tertiary/aromatic N) is 1. The van der Waals surface area contributed by atoms with Crippen LogP contribution in [0.2, 0.25) is 0 Å². The lowest BCUT2D eigenvalue weighted by Gasteiger charge is -2.25. The zero-order chi connectivity index (χ0) is 59.1. The van der Waals surface area contributed by atoms with Crippen LogP contribution in [-0.2, 0) is 33.3 Å². The van der Waals surface area contributed by atoms with Crippen LogP contribution < -0.4 is 0 Å². The van der Waals surface area contributed by atoms with Crippen molar-refractivity contribution >= 4 is 17.9 Å². The van der Waals surface area contributed by atoms with Crippen molar-refractivity contribution in [2.45, 2.75) is 270 Å². The molecule has 0 aromatic carbocycles. The number of ether oxygens (including phenoxy) is 4. The first-order valence-electron chi connectivity index (χ1n) is 32.7. The maximum Gasteiger partial charge on any atom is 0.361 e. The molecule has 0 amide bonds. The molecule has 0 radical (unpaired) electrons. The Bertz CT molecular complexity index is 1740. The molecule has 0 aromatic rings. The number of unbranched alkanes of at least 4 members (excludes halogenated alkanes) is 24. The first kappa shape index (κ1) is 76.7. The van der Waals surface area contributed by atoms with Crippen LogP contribution in [0.1, 0.15) is 258 Å². The van der Waals surface area contributed by atoms with Gasteiger partial charge in [0.05, 0.1) is 34.4 Å². The molecule has 0 aromatic heterocycles. The predicted molar refractivity (Wildman–Crippen MR) is 345 cm³/mol. The predicted octanol–water partition coefficient (Wildman–Crippen LogP) is 20.0. The number of allylic oxidation sites excluding steroid dienone is 20. The van der Waals surface area contributed by atoms with Crippen LogP contribution >= 0.6 is 0 Å². The van der Waals surface area contributed by atoms with Crippen molar-refractivity contribution in [3.05, 3.63) is 122 Å². The van der Waals surface area contributed by atoms with E-state index in [4.69, 9.17) is 18.9 Å². The van der Waals surface area contributed by atoms with E-state index in [9.17, 15) is 19.5 Å². The Hall–Kier alpha value is -4.31. The van der Waals surface area contributed by atoms with Gasteiger partial charge in [-0.05, 0) is 103 Å². The Balaban J connectivity index is 4.16. The summed E-state index contributed by atoms with van der Waals surface area (Å²) >= 11 is 0. The van der Waals surface area contributed by atoms with Gasteiger partial charge in [0.2, 0.25) is 0 Å². The molecule has 0 spiro atoms. The number of carbonyl (C=O) groups is 3. The van der Waals surface area contributed by atoms with Gasteiger partial charge in [-0.3, -0.25) is 9.59 Å². The minimum Gasteiger partial charge on any atom is -0.477 e. The van der Waals surface area contributed by atoms with Gasteiger partial charge in [-0.2, -0.15) is 0 Å². The lowest BCUT2D eigenvalue weighted by atomic mass is 10.0. The number of esters is 2. The third kappa shape index (κ3) is 63.1. The van der Waals surface area contributed by atoms with Crippen LogP contribution in [0, 0.1) is 0 Å². The summed E-state index contributed by atoms with van der Waals surface area (Å²) in [5, 5.41) is 9.73. The monoisotopic (exact) mass is 1130 g/mol. The van der Waals surface area contributed by atoms with E-state index in [2.05, 4.69) is 135 Å². The first-order valence-corrected chi connectivity index (χ1v) is 32.7. The van der Waals surface area contributed by atoms with Crippen molar-refractivity contribution in [2.24, 2.45) is 0 Å². The molecule has 2 atom stereocenters. The molecule has 0 aliphatic heterocycles. The topological polar surface area (TPSA) is 108 Å². The number of carboxylic acids is 1. The zero-order valence-corrected chi connectivity index (χ0v) is 52.7. The number of likely N-dealkylation sites (N-methyl/N-ethyl adjacent to an activating group) is 1. The molecule has 0 saturated heterocycles. The number of carboxylic acid groups (broad SMARTS) is 1. The van der Waals surface area contributed by atoms with Crippen LogP contribution in [0.4, 0.5) is 0 Å². The van der Waals surface area contributed by atoms with Gasteiger partial charge in [-0.25, -0.2) is 4.79 Å². The highest BCUT2D eigenvalue weighted by molar-refractivity contribution is 5.71. The number of rotatable bonds is 59. The summed E-state index contributed by atoms with van der Waals surface area (Å²) in [5.74, 6) is -2.04. The Morgan fingerprint density at radius 1 is 0.370 bits per heavy atom. The Labute approximate surface area is 497 Å². The summed E-state index contributed by atoms with van der Waals surface area (Å²) < 4.78 is 22.9. The number of hydrogen-bond donors (Lipinski definition) is 1. The first-order chi connectivity index (χ1) is 39.6. The molecule has 9 heteroatoms. The molecule has 81 heavy (non-hydrogen) atoms. The molecule has 0 rings (SSSR count).